The van der Waals surface area contributed by atoms with Gasteiger partial charge in [-0.25, -0.2) is 9.18 Å². The molecule has 0 bridgehead atoms. The highest BCUT2D eigenvalue weighted by molar-refractivity contribution is 6.35. The molecule has 2 rings (SSSR count). The van der Waals surface area contributed by atoms with Crippen molar-refractivity contribution >= 4 is 34.9 Å². The third kappa shape index (κ3) is 3.12. The van der Waals surface area contributed by atoms with Crippen molar-refractivity contribution in [2.75, 3.05) is 5.32 Å². The monoisotopic (exact) mass is 327 g/mol. The molecule has 3 nitrogen and oxygen atoms in total. The van der Waals surface area contributed by atoms with Crippen molar-refractivity contribution in [2.45, 2.75) is 12.5 Å². The van der Waals surface area contributed by atoms with Crippen LogP contribution in [0.5, 0.6) is 0 Å². The van der Waals surface area contributed by atoms with Crippen LogP contribution in [0.1, 0.15) is 12.5 Å². The molecule has 0 saturated heterocycles. The summed E-state index contributed by atoms with van der Waals surface area (Å²) >= 11 is 11.7. The molecule has 21 heavy (non-hydrogen) atoms. The van der Waals surface area contributed by atoms with E-state index >= 15 is 0 Å². The van der Waals surface area contributed by atoms with Crippen LogP contribution < -0.4 is 5.32 Å². The lowest BCUT2D eigenvalue weighted by atomic mass is 9.91. The number of benzene rings is 2. The van der Waals surface area contributed by atoms with E-state index in [1.165, 1.54) is 13.0 Å². The molecule has 0 aliphatic heterocycles. The number of nitrogens with one attached hydrogen (secondary N) is 1. The Balaban J connectivity index is 2.53. The quantitative estimate of drug-likeness (QED) is 0.810. The molecule has 1 unspecified atom stereocenters. The Morgan fingerprint density at radius 3 is 2.38 bits per heavy atom. The lowest BCUT2D eigenvalue weighted by molar-refractivity contribution is -0.142. The summed E-state index contributed by atoms with van der Waals surface area (Å²) in [5, 5.41) is 12.3. The fraction of sp³-hybridized carbons (Fsp3) is 0.133. The fourth-order valence-corrected chi connectivity index (χ4v) is 2.52. The van der Waals surface area contributed by atoms with Crippen molar-refractivity contribution in [3.63, 3.8) is 0 Å². The van der Waals surface area contributed by atoms with Gasteiger partial charge in [0, 0.05) is 16.3 Å². The predicted molar refractivity (Wildman–Crippen MR) is 81.5 cm³/mol. The van der Waals surface area contributed by atoms with Gasteiger partial charge < -0.3 is 10.4 Å². The van der Waals surface area contributed by atoms with Gasteiger partial charge in [0.2, 0.25) is 0 Å². The molecule has 0 aliphatic carbocycles. The van der Waals surface area contributed by atoms with Crippen molar-refractivity contribution < 1.29 is 14.3 Å². The number of halogens is 3. The minimum absolute atomic E-state index is 0.0785. The molecule has 0 fully saturated rings. The molecular weight excluding hydrogens is 316 g/mol. The topological polar surface area (TPSA) is 49.3 Å². The third-order valence-corrected chi connectivity index (χ3v) is 3.75. The summed E-state index contributed by atoms with van der Waals surface area (Å²) in [5.74, 6) is -1.91. The van der Waals surface area contributed by atoms with Crippen LogP contribution in [0, 0.1) is 5.82 Å². The third-order valence-electron chi connectivity index (χ3n) is 3.14. The van der Waals surface area contributed by atoms with Gasteiger partial charge in [-0.05, 0) is 31.2 Å². The Morgan fingerprint density at radius 1 is 1.19 bits per heavy atom. The Morgan fingerprint density at radius 2 is 1.81 bits per heavy atom. The zero-order valence-electron chi connectivity index (χ0n) is 11.0. The van der Waals surface area contributed by atoms with E-state index in [1.54, 1.807) is 30.3 Å². The Hall–Kier alpha value is -1.78. The maximum absolute atomic E-state index is 13.7. The molecule has 6 heteroatoms. The molecule has 2 aromatic carbocycles. The van der Waals surface area contributed by atoms with Gasteiger partial charge in [-0.3, -0.25) is 0 Å². The molecule has 0 heterocycles. The molecule has 110 valence electrons. The lowest BCUT2D eigenvalue weighted by Crippen LogP contribution is -2.40. The first kappa shape index (κ1) is 15.6. The number of hydrogen-bond acceptors (Lipinski definition) is 2. The van der Waals surface area contributed by atoms with E-state index in [4.69, 9.17) is 23.2 Å². The van der Waals surface area contributed by atoms with E-state index in [2.05, 4.69) is 5.32 Å². The average Bonchev–Trinajstić information content (AvgIpc) is 2.43. The number of hydrogen-bond donors (Lipinski definition) is 2. The maximum atomic E-state index is 13.7. The van der Waals surface area contributed by atoms with Gasteiger partial charge in [-0.15, -0.1) is 0 Å². The molecule has 2 N–H and O–H groups in total. The molecule has 0 amide bonds. The van der Waals surface area contributed by atoms with Gasteiger partial charge in [-0.1, -0.05) is 41.4 Å². The van der Waals surface area contributed by atoms with Crippen LogP contribution in [0.4, 0.5) is 10.1 Å². The molecule has 0 saturated carbocycles. The van der Waals surface area contributed by atoms with E-state index in [0.717, 1.165) is 6.07 Å². The maximum Gasteiger partial charge on any atom is 0.333 e. The first-order valence-corrected chi connectivity index (χ1v) is 6.82. The first-order valence-electron chi connectivity index (χ1n) is 6.06. The summed E-state index contributed by atoms with van der Waals surface area (Å²) < 4.78 is 13.7. The Bertz CT molecular complexity index is 679. The van der Waals surface area contributed by atoms with Gasteiger partial charge in [0.1, 0.15) is 5.82 Å². The second-order valence-electron chi connectivity index (χ2n) is 4.67. The van der Waals surface area contributed by atoms with Crippen LogP contribution in [0.15, 0.2) is 42.5 Å². The second kappa shape index (κ2) is 5.92. The van der Waals surface area contributed by atoms with Crippen LogP contribution in [0.2, 0.25) is 10.0 Å². The van der Waals surface area contributed by atoms with E-state index in [9.17, 15) is 14.3 Å². The predicted octanol–water partition coefficient (Wildman–Crippen LogP) is 4.54. The van der Waals surface area contributed by atoms with Crippen molar-refractivity contribution in [3.05, 3.63) is 63.9 Å². The molecule has 2 aromatic rings. The molecular formula is C15H12Cl2FNO2. The standard InChI is InChI=1S/C15H12Cl2FNO2/c1-15(14(20)21,19-9-5-3-2-4-6-9)10-7-13(18)12(17)8-11(10)16/h2-8,19H,1H3,(H,20,21). The Labute approximate surface area is 131 Å². The van der Waals surface area contributed by atoms with E-state index < -0.39 is 17.3 Å². The van der Waals surface area contributed by atoms with Crippen LogP contribution in [-0.4, -0.2) is 11.1 Å². The highest BCUT2D eigenvalue weighted by Gasteiger charge is 2.37. The molecule has 0 aliphatic rings. The van der Waals surface area contributed by atoms with Gasteiger partial charge in [0.15, 0.2) is 5.54 Å². The summed E-state index contributed by atoms with van der Waals surface area (Å²) in [5.41, 5.74) is -0.916. The number of anilines is 1. The van der Waals surface area contributed by atoms with Crippen molar-refractivity contribution in [1.82, 2.24) is 0 Å². The van der Waals surface area contributed by atoms with Crippen LogP contribution in [-0.2, 0) is 10.3 Å². The van der Waals surface area contributed by atoms with Crippen LogP contribution in [0.25, 0.3) is 0 Å². The number of carbonyl (C=O) groups is 1. The minimum Gasteiger partial charge on any atom is -0.479 e. The SMILES string of the molecule is CC(Nc1ccccc1)(C(=O)O)c1cc(F)c(Cl)cc1Cl. The van der Waals surface area contributed by atoms with Gasteiger partial charge in [0.25, 0.3) is 0 Å². The normalized spacial score (nSPS) is 13.5. The van der Waals surface area contributed by atoms with E-state index in [1.807, 2.05) is 0 Å². The molecule has 0 spiro atoms. The summed E-state index contributed by atoms with van der Waals surface area (Å²) in [6.07, 6.45) is 0. The van der Waals surface area contributed by atoms with Gasteiger partial charge >= 0.3 is 5.97 Å². The summed E-state index contributed by atoms with van der Waals surface area (Å²) in [4.78, 5) is 11.7. The smallest absolute Gasteiger partial charge is 0.333 e. The van der Waals surface area contributed by atoms with Crippen molar-refractivity contribution in [3.8, 4) is 0 Å². The minimum atomic E-state index is -1.59. The fourth-order valence-electron chi connectivity index (χ4n) is 1.95. The van der Waals surface area contributed by atoms with Gasteiger partial charge in [-0.2, -0.15) is 0 Å². The van der Waals surface area contributed by atoms with Gasteiger partial charge in [0.05, 0.1) is 5.02 Å². The number of carboxylic acids is 1. The van der Waals surface area contributed by atoms with Crippen LogP contribution >= 0.6 is 23.2 Å². The Kier molecular flexibility index (Phi) is 4.40. The molecule has 0 radical (unpaired) electrons. The number of carboxylic acid groups (broad SMARTS) is 1. The average molecular weight is 328 g/mol. The first-order chi connectivity index (χ1) is 9.84. The summed E-state index contributed by atoms with van der Waals surface area (Å²) in [7, 11) is 0. The zero-order valence-corrected chi connectivity index (χ0v) is 12.5. The highest BCUT2D eigenvalue weighted by Crippen LogP contribution is 2.34. The summed E-state index contributed by atoms with van der Waals surface area (Å²) in [6.45, 7) is 1.41. The lowest BCUT2D eigenvalue weighted by Gasteiger charge is -2.29. The second-order valence-corrected chi connectivity index (χ2v) is 5.48. The molecule has 1 atom stereocenters. The highest BCUT2D eigenvalue weighted by atomic mass is 35.5. The summed E-state index contributed by atoms with van der Waals surface area (Å²) in [6, 6.07) is 11.0. The number of para-hydroxylation sites is 1. The number of aliphatic carboxylic acids is 1. The molecule has 0 aromatic heterocycles. The zero-order chi connectivity index (χ0) is 15.6. The van der Waals surface area contributed by atoms with E-state index in [-0.39, 0.29) is 15.6 Å². The number of rotatable bonds is 4. The van der Waals surface area contributed by atoms with Crippen LogP contribution in [0.3, 0.4) is 0 Å². The van der Waals surface area contributed by atoms with Crippen molar-refractivity contribution in [1.29, 1.82) is 0 Å². The van der Waals surface area contributed by atoms with E-state index in [0.29, 0.717) is 5.69 Å². The van der Waals surface area contributed by atoms with Crippen molar-refractivity contribution in [2.24, 2.45) is 0 Å². The largest absolute Gasteiger partial charge is 0.479 e.